The van der Waals surface area contributed by atoms with Crippen LogP contribution in [0, 0.1) is 11.3 Å². The molecule has 21 heavy (non-hydrogen) atoms. The summed E-state index contributed by atoms with van der Waals surface area (Å²) in [6, 6.07) is 5.94. The third kappa shape index (κ3) is 3.35. The van der Waals surface area contributed by atoms with Crippen molar-refractivity contribution in [2.24, 2.45) is 0 Å². The number of amides is 1. The molecule has 0 aliphatic heterocycles. The van der Waals surface area contributed by atoms with Crippen LogP contribution in [0.3, 0.4) is 0 Å². The van der Waals surface area contributed by atoms with E-state index in [2.05, 4.69) is 5.32 Å². The number of nitriles is 1. The Morgan fingerprint density at radius 3 is 2.57 bits per heavy atom. The normalized spacial score (nSPS) is 11.0. The van der Waals surface area contributed by atoms with Crippen LogP contribution in [0.1, 0.15) is 20.8 Å². The number of anilines is 1. The SMILES string of the molecule is N#Cc1ccc(NC(=O)c2sccc2Cl)cc1C(F)(F)F. The van der Waals surface area contributed by atoms with Gasteiger partial charge in [-0.25, -0.2) is 0 Å². The lowest BCUT2D eigenvalue weighted by Gasteiger charge is -2.11. The van der Waals surface area contributed by atoms with Crippen molar-refractivity contribution in [3.05, 3.63) is 50.7 Å². The quantitative estimate of drug-likeness (QED) is 0.878. The number of carbonyl (C=O) groups excluding carboxylic acids is 1. The Bertz CT molecular complexity index is 734. The maximum Gasteiger partial charge on any atom is 0.417 e. The zero-order valence-corrected chi connectivity index (χ0v) is 11.7. The minimum atomic E-state index is -4.67. The van der Waals surface area contributed by atoms with Crippen molar-refractivity contribution < 1.29 is 18.0 Å². The van der Waals surface area contributed by atoms with E-state index in [0.717, 1.165) is 23.5 Å². The molecule has 0 unspecified atom stereocenters. The summed E-state index contributed by atoms with van der Waals surface area (Å²) in [5.41, 5.74) is -1.66. The molecule has 2 rings (SSSR count). The van der Waals surface area contributed by atoms with Crippen LogP contribution in [-0.4, -0.2) is 5.91 Å². The highest BCUT2D eigenvalue weighted by molar-refractivity contribution is 7.12. The number of rotatable bonds is 2. The monoisotopic (exact) mass is 330 g/mol. The molecule has 1 amide bonds. The van der Waals surface area contributed by atoms with Crippen LogP contribution in [0.25, 0.3) is 0 Å². The fourth-order valence-corrected chi connectivity index (χ4v) is 2.63. The Labute approximate surface area is 126 Å². The topological polar surface area (TPSA) is 52.9 Å². The fourth-order valence-electron chi connectivity index (χ4n) is 1.60. The second kappa shape index (κ2) is 5.76. The first-order chi connectivity index (χ1) is 9.82. The summed E-state index contributed by atoms with van der Waals surface area (Å²) >= 11 is 6.85. The number of nitrogens with zero attached hydrogens (tertiary/aromatic N) is 1. The summed E-state index contributed by atoms with van der Waals surface area (Å²) in [5, 5.41) is 12.8. The highest BCUT2D eigenvalue weighted by Crippen LogP contribution is 2.34. The van der Waals surface area contributed by atoms with Gasteiger partial charge in [-0.05, 0) is 29.6 Å². The summed E-state index contributed by atoms with van der Waals surface area (Å²) in [5.74, 6) is -0.604. The molecule has 0 atom stereocenters. The van der Waals surface area contributed by atoms with E-state index in [1.807, 2.05) is 0 Å². The Hall–Kier alpha value is -2.04. The molecule has 108 valence electrons. The molecule has 8 heteroatoms. The third-order valence-corrected chi connectivity index (χ3v) is 3.87. The average molecular weight is 331 g/mol. The van der Waals surface area contributed by atoms with E-state index in [4.69, 9.17) is 16.9 Å². The molecule has 0 fully saturated rings. The minimum absolute atomic E-state index is 0.0595. The Morgan fingerprint density at radius 2 is 2.05 bits per heavy atom. The standard InChI is InChI=1S/C13H6ClF3N2OS/c14-10-3-4-21-11(10)12(20)19-8-2-1-7(6-18)9(5-8)13(15,16)17/h1-5H,(H,19,20). The van der Waals surface area contributed by atoms with Crippen molar-refractivity contribution in [3.63, 3.8) is 0 Å². The number of nitrogens with one attached hydrogen (secondary N) is 1. The second-order valence-electron chi connectivity index (χ2n) is 3.92. The molecule has 0 bridgehead atoms. The highest BCUT2D eigenvalue weighted by atomic mass is 35.5. The van der Waals surface area contributed by atoms with Crippen molar-refractivity contribution in [2.75, 3.05) is 5.32 Å². The zero-order chi connectivity index (χ0) is 15.6. The van der Waals surface area contributed by atoms with Gasteiger partial charge in [-0.3, -0.25) is 4.79 Å². The lowest BCUT2D eigenvalue weighted by Crippen LogP contribution is -2.13. The van der Waals surface area contributed by atoms with Crippen molar-refractivity contribution in [2.45, 2.75) is 6.18 Å². The molecular formula is C13H6ClF3N2OS. The van der Waals surface area contributed by atoms with E-state index in [1.54, 1.807) is 5.38 Å². The molecule has 3 nitrogen and oxygen atoms in total. The molecule has 0 spiro atoms. The largest absolute Gasteiger partial charge is 0.417 e. The van der Waals surface area contributed by atoms with E-state index in [-0.39, 0.29) is 15.6 Å². The van der Waals surface area contributed by atoms with Crippen molar-refractivity contribution in [1.82, 2.24) is 0 Å². The second-order valence-corrected chi connectivity index (χ2v) is 5.25. The molecule has 0 radical (unpaired) electrons. The summed E-state index contributed by atoms with van der Waals surface area (Å²) < 4.78 is 38.4. The van der Waals surface area contributed by atoms with Gasteiger partial charge in [-0.15, -0.1) is 11.3 Å². The summed E-state index contributed by atoms with van der Waals surface area (Å²) in [6.07, 6.45) is -4.67. The van der Waals surface area contributed by atoms with Crippen LogP contribution in [0.15, 0.2) is 29.6 Å². The first kappa shape index (κ1) is 15.4. The Kier molecular flexibility index (Phi) is 4.21. The lowest BCUT2D eigenvalue weighted by atomic mass is 10.1. The van der Waals surface area contributed by atoms with Gasteiger partial charge in [0.2, 0.25) is 0 Å². The van der Waals surface area contributed by atoms with Crippen LogP contribution in [-0.2, 0) is 6.18 Å². The summed E-state index contributed by atoms with van der Waals surface area (Å²) in [7, 11) is 0. The smallest absolute Gasteiger partial charge is 0.321 e. The number of alkyl halides is 3. The maximum atomic E-state index is 12.8. The van der Waals surface area contributed by atoms with Gasteiger partial charge in [0, 0.05) is 5.69 Å². The van der Waals surface area contributed by atoms with Crippen LogP contribution in [0.2, 0.25) is 5.02 Å². The highest BCUT2D eigenvalue weighted by Gasteiger charge is 2.34. The van der Waals surface area contributed by atoms with Crippen molar-refractivity contribution in [3.8, 4) is 6.07 Å². The molecule has 0 aliphatic carbocycles. The van der Waals surface area contributed by atoms with Gasteiger partial charge in [-0.2, -0.15) is 18.4 Å². The van der Waals surface area contributed by atoms with Crippen LogP contribution >= 0.6 is 22.9 Å². The minimum Gasteiger partial charge on any atom is -0.321 e. The van der Waals surface area contributed by atoms with Gasteiger partial charge in [-0.1, -0.05) is 11.6 Å². The molecule has 2 aromatic rings. The first-order valence-corrected chi connectivity index (χ1v) is 6.74. The van der Waals surface area contributed by atoms with Crippen LogP contribution < -0.4 is 5.32 Å². The van der Waals surface area contributed by atoms with E-state index in [9.17, 15) is 18.0 Å². The Balaban J connectivity index is 2.32. The first-order valence-electron chi connectivity index (χ1n) is 5.48. The molecule has 1 heterocycles. The Morgan fingerprint density at radius 1 is 1.33 bits per heavy atom. The van der Waals surface area contributed by atoms with Gasteiger partial charge in [0.15, 0.2) is 0 Å². The van der Waals surface area contributed by atoms with Gasteiger partial charge >= 0.3 is 6.18 Å². The predicted octanol–water partition coefficient (Wildman–Crippen LogP) is 4.54. The van der Waals surface area contributed by atoms with Crippen LogP contribution in [0.4, 0.5) is 18.9 Å². The fraction of sp³-hybridized carbons (Fsp3) is 0.0769. The van der Waals surface area contributed by atoms with E-state index in [0.29, 0.717) is 0 Å². The number of hydrogen-bond donors (Lipinski definition) is 1. The lowest BCUT2D eigenvalue weighted by molar-refractivity contribution is -0.137. The number of thiophene rings is 1. The number of benzene rings is 1. The van der Waals surface area contributed by atoms with Crippen molar-refractivity contribution >= 4 is 34.5 Å². The van der Waals surface area contributed by atoms with Gasteiger partial charge in [0.05, 0.1) is 22.2 Å². The third-order valence-electron chi connectivity index (χ3n) is 2.53. The van der Waals surface area contributed by atoms with E-state index in [1.165, 1.54) is 18.2 Å². The molecule has 1 aromatic carbocycles. The zero-order valence-electron chi connectivity index (χ0n) is 10.2. The van der Waals surface area contributed by atoms with Gasteiger partial charge in [0.25, 0.3) is 5.91 Å². The average Bonchev–Trinajstić information content (AvgIpc) is 2.84. The summed E-state index contributed by atoms with van der Waals surface area (Å²) in [6.45, 7) is 0. The molecule has 0 saturated carbocycles. The van der Waals surface area contributed by atoms with Gasteiger partial charge < -0.3 is 5.32 Å². The van der Waals surface area contributed by atoms with Gasteiger partial charge in [0.1, 0.15) is 4.88 Å². The number of carbonyl (C=O) groups is 1. The van der Waals surface area contributed by atoms with E-state index >= 15 is 0 Å². The number of hydrogen-bond acceptors (Lipinski definition) is 3. The molecule has 0 aliphatic rings. The molecular weight excluding hydrogens is 325 g/mol. The van der Waals surface area contributed by atoms with E-state index < -0.39 is 23.2 Å². The molecule has 1 N–H and O–H groups in total. The molecule has 0 saturated heterocycles. The van der Waals surface area contributed by atoms with Crippen molar-refractivity contribution in [1.29, 1.82) is 5.26 Å². The molecule has 1 aromatic heterocycles. The summed E-state index contributed by atoms with van der Waals surface area (Å²) in [4.78, 5) is 12.1. The predicted molar refractivity (Wildman–Crippen MR) is 73.4 cm³/mol. The number of halogens is 4. The van der Waals surface area contributed by atoms with Crippen LogP contribution in [0.5, 0.6) is 0 Å². The maximum absolute atomic E-state index is 12.8.